The molecular weight excluding hydrogens is 338 g/mol. The summed E-state index contributed by atoms with van der Waals surface area (Å²) in [5.74, 6) is 0.555. The molecule has 1 N–H and O–H groups in total. The molecule has 0 bridgehead atoms. The van der Waals surface area contributed by atoms with Gasteiger partial charge in [0, 0.05) is 26.2 Å². The molecule has 1 fully saturated rings. The van der Waals surface area contributed by atoms with Crippen molar-refractivity contribution in [1.29, 1.82) is 0 Å². The van der Waals surface area contributed by atoms with E-state index in [1.54, 1.807) is 12.1 Å². The number of nitrogens with zero attached hydrogens (tertiary/aromatic N) is 4. The lowest BCUT2D eigenvalue weighted by Crippen LogP contribution is -2.39. The summed E-state index contributed by atoms with van der Waals surface area (Å²) in [6.07, 6.45) is 1.26. The van der Waals surface area contributed by atoms with Gasteiger partial charge in [-0.1, -0.05) is 17.7 Å². The van der Waals surface area contributed by atoms with Crippen LogP contribution in [0.1, 0.15) is 5.56 Å². The van der Waals surface area contributed by atoms with Gasteiger partial charge in [0.25, 0.3) is 0 Å². The van der Waals surface area contributed by atoms with Gasteiger partial charge in [-0.05, 0) is 19.1 Å². The van der Waals surface area contributed by atoms with E-state index in [-0.39, 0.29) is 17.4 Å². The van der Waals surface area contributed by atoms with Crippen LogP contribution in [-0.4, -0.2) is 59.2 Å². The van der Waals surface area contributed by atoms with Crippen molar-refractivity contribution in [3.8, 4) is 11.6 Å². The Kier molecular flexibility index (Phi) is 5.92. The Hall–Kier alpha value is -2.78. The molecule has 0 radical (unpaired) electrons. The number of aryl methyl sites for hydroxylation is 1. The second-order valence-corrected chi connectivity index (χ2v) is 5.93. The van der Waals surface area contributed by atoms with Gasteiger partial charge in [0.05, 0.1) is 18.1 Å². The van der Waals surface area contributed by atoms with Gasteiger partial charge in [0.15, 0.2) is 0 Å². The van der Waals surface area contributed by atoms with Crippen LogP contribution in [0.5, 0.6) is 11.6 Å². The van der Waals surface area contributed by atoms with Gasteiger partial charge in [0.2, 0.25) is 5.82 Å². The average molecular weight is 359 g/mol. The molecule has 0 atom stereocenters. The normalized spacial score (nSPS) is 14.8. The van der Waals surface area contributed by atoms with Crippen molar-refractivity contribution < 1.29 is 14.4 Å². The van der Waals surface area contributed by atoms with Gasteiger partial charge in [-0.3, -0.25) is 15.0 Å². The molecule has 0 unspecified atom stereocenters. The number of nitro groups is 1. The first-order valence-corrected chi connectivity index (χ1v) is 8.41. The molecule has 1 aromatic carbocycles. The molecule has 1 aromatic heterocycles. The number of anilines is 1. The van der Waals surface area contributed by atoms with Gasteiger partial charge in [-0.25, -0.2) is 4.98 Å². The highest BCUT2D eigenvalue weighted by molar-refractivity contribution is 5.61. The Morgan fingerprint density at radius 1 is 1.27 bits per heavy atom. The average Bonchev–Trinajstić information content (AvgIpc) is 2.64. The summed E-state index contributed by atoms with van der Waals surface area (Å²) in [5, 5.41) is 14.6. The molecular formula is C17H21N5O4. The number of aromatic nitrogens is 2. The van der Waals surface area contributed by atoms with Crippen molar-refractivity contribution in [3.63, 3.8) is 0 Å². The van der Waals surface area contributed by atoms with Gasteiger partial charge >= 0.3 is 11.6 Å². The molecule has 138 valence electrons. The molecule has 0 saturated carbocycles. The van der Waals surface area contributed by atoms with Crippen molar-refractivity contribution in [2.24, 2.45) is 0 Å². The minimum absolute atomic E-state index is 0.0808. The number of nitrogens with one attached hydrogen (secondary N) is 1. The Morgan fingerprint density at radius 3 is 2.69 bits per heavy atom. The fraction of sp³-hybridized carbons (Fsp3) is 0.412. The largest absolute Gasteiger partial charge is 0.434 e. The fourth-order valence-corrected chi connectivity index (χ4v) is 2.61. The standard InChI is InChI=1S/C17H21N5O4/c1-13-2-4-14(5-3-13)26-17-15(22(23)24)16(19-12-20-17)18-6-7-21-8-10-25-11-9-21/h2-5,12H,6-11H2,1H3,(H,18,19,20). The number of hydrogen-bond acceptors (Lipinski definition) is 8. The van der Waals surface area contributed by atoms with E-state index >= 15 is 0 Å². The van der Waals surface area contributed by atoms with Crippen molar-refractivity contribution in [1.82, 2.24) is 14.9 Å². The van der Waals surface area contributed by atoms with E-state index in [9.17, 15) is 10.1 Å². The predicted molar refractivity (Wildman–Crippen MR) is 95.7 cm³/mol. The summed E-state index contributed by atoms with van der Waals surface area (Å²) >= 11 is 0. The zero-order chi connectivity index (χ0) is 18.4. The van der Waals surface area contributed by atoms with Gasteiger partial charge in [-0.15, -0.1) is 0 Å². The molecule has 3 rings (SSSR count). The van der Waals surface area contributed by atoms with Crippen LogP contribution < -0.4 is 10.1 Å². The molecule has 9 heteroatoms. The molecule has 0 spiro atoms. The first kappa shape index (κ1) is 18.0. The van der Waals surface area contributed by atoms with E-state index in [2.05, 4.69) is 20.2 Å². The fourth-order valence-electron chi connectivity index (χ4n) is 2.61. The SMILES string of the molecule is Cc1ccc(Oc2ncnc(NCCN3CCOCC3)c2[N+](=O)[O-])cc1. The first-order valence-electron chi connectivity index (χ1n) is 8.41. The molecule has 0 amide bonds. The maximum atomic E-state index is 11.5. The van der Waals surface area contributed by atoms with Crippen molar-refractivity contribution in [2.75, 3.05) is 44.7 Å². The van der Waals surface area contributed by atoms with E-state index in [1.165, 1.54) is 6.33 Å². The summed E-state index contributed by atoms with van der Waals surface area (Å²) in [7, 11) is 0. The summed E-state index contributed by atoms with van der Waals surface area (Å²) in [4.78, 5) is 21.2. The monoisotopic (exact) mass is 359 g/mol. The third-order valence-corrected chi connectivity index (χ3v) is 4.03. The molecule has 26 heavy (non-hydrogen) atoms. The highest BCUT2D eigenvalue weighted by atomic mass is 16.6. The van der Waals surface area contributed by atoms with E-state index < -0.39 is 4.92 Å². The van der Waals surface area contributed by atoms with E-state index in [0.29, 0.717) is 25.5 Å². The molecule has 2 heterocycles. The number of hydrogen-bond donors (Lipinski definition) is 1. The Balaban J connectivity index is 1.70. The van der Waals surface area contributed by atoms with Crippen LogP contribution in [0.15, 0.2) is 30.6 Å². The molecule has 1 saturated heterocycles. The Bertz CT molecular complexity index is 747. The Labute approximate surface area is 151 Å². The molecule has 9 nitrogen and oxygen atoms in total. The lowest BCUT2D eigenvalue weighted by Gasteiger charge is -2.26. The van der Waals surface area contributed by atoms with Crippen LogP contribution in [0.3, 0.4) is 0 Å². The highest BCUT2D eigenvalue weighted by Crippen LogP contribution is 2.33. The molecule has 1 aliphatic heterocycles. The maximum Gasteiger partial charge on any atom is 0.373 e. The second kappa shape index (κ2) is 8.54. The summed E-state index contributed by atoms with van der Waals surface area (Å²) in [6.45, 7) is 6.36. The molecule has 0 aliphatic carbocycles. The molecule has 1 aliphatic rings. The van der Waals surface area contributed by atoms with Crippen LogP contribution >= 0.6 is 0 Å². The van der Waals surface area contributed by atoms with Crippen LogP contribution in [0.4, 0.5) is 11.5 Å². The van der Waals surface area contributed by atoms with E-state index in [0.717, 1.165) is 25.2 Å². The number of ether oxygens (including phenoxy) is 2. The number of morpholine rings is 1. The minimum atomic E-state index is -0.527. The third kappa shape index (κ3) is 4.64. The maximum absolute atomic E-state index is 11.5. The van der Waals surface area contributed by atoms with Crippen LogP contribution in [0.25, 0.3) is 0 Å². The lowest BCUT2D eigenvalue weighted by atomic mass is 10.2. The highest BCUT2D eigenvalue weighted by Gasteiger charge is 2.25. The third-order valence-electron chi connectivity index (χ3n) is 4.03. The number of benzene rings is 1. The van der Waals surface area contributed by atoms with Gasteiger partial charge in [0.1, 0.15) is 12.1 Å². The first-order chi connectivity index (χ1) is 12.6. The zero-order valence-corrected chi connectivity index (χ0v) is 14.6. The number of rotatable bonds is 7. The van der Waals surface area contributed by atoms with Crippen molar-refractivity contribution >= 4 is 11.5 Å². The smallest absolute Gasteiger partial charge is 0.373 e. The zero-order valence-electron chi connectivity index (χ0n) is 14.6. The van der Waals surface area contributed by atoms with Crippen molar-refractivity contribution in [3.05, 3.63) is 46.3 Å². The van der Waals surface area contributed by atoms with E-state index in [4.69, 9.17) is 9.47 Å². The van der Waals surface area contributed by atoms with Crippen molar-refractivity contribution in [2.45, 2.75) is 6.92 Å². The minimum Gasteiger partial charge on any atom is -0.434 e. The predicted octanol–water partition coefficient (Wildman–Crippen LogP) is 2.23. The van der Waals surface area contributed by atoms with Crippen LogP contribution in [0, 0.1) is 17.0 Å². The van der Waals surface area contributed by atoms with Gasteiger partial charge < -0.3 is 14.8 Å². The summed E-state index contributed by atoms with van der Waals surface area (Å²) in [5.41, 5.74) is 0.801. The van der Waals surface area contributed by atoms with Crippen LogP contribution in [0.2, 0.25) is 0 Å². The summed E-state index contributed by atoms with van der Waals surface area (Å²) < 4.78 is 10.9. The second-order valence-electron chi connectivity index (χ2n) is 5.93. The summed E-state index contributed by atoms with van der Waals surface area (Å²) in [6, 6.07) is 7.22. The lowest BCUT2D eigenvalue weighted by molar-refractivity contribution is -0.385. The topological polar surface area (TPSA) is 103 Å². The Morgan fingerprint density at radius 2 is 2.00 bits per heavy atom. The van der Waals surface area contributed by atoms with Gasteiger partial charge in [-0.2, -0.15) is 4.98 Å². The quantitative estimate of drug-likeness (QED) is 0.593. The van der Waals surface area contributed by atoms with Crippen LogP contribution in [-0.2, 0) is 4.74 Å². The molecule has 2 aromatic rings. The van der Waals surface area contributed by atoms with E-state index in [1.807, 2.05) is 19.1 Å².